The van der Waals surface area contributed by atoms with Gasteiger partial charge in [-0.05, 0) is 39.5 Å². The standard InChI is InChI=1S/2C18H37.2C3H8O.O.Ti/c2*1-4-5-6-7-8-9-10-11-12-13-14-15-16-17-18(2)3;2*1-3(2)4;;/h2*18H,1,4-17H2,2-3H3;2*3-4H,1-2H3;;/q2*-1;;;;+2. The van der Waals surface area contributed by atoms with E-state index in [1.54, 1.807) is 27.7 Å². The average molecular weight is 691 g/mol. The Balaban J connectivity index is -0.000000189. The zero-order valence-electron chi connectivity index (χ0n) is 33.3. The molecule has 4 heteroatoms. The van der Waals surface area contributed by atoms with Gasteiger partial charge in [-0.15, -0.1) is 0 Å². The van der Waals surface area contributed by atoms with Crippen LogP contribution in [0, 0.1) is 25.7 Å². The molecule has 0 aromatic rings. The summed E-state index contributed by atoms with van der Waals surface area (Å²) in [4.78, 5) is 0. The van der Waals surface area contributed by atoms with Crippen LogP contribution in [0.25, 0.3) is 0 Å². The molecule has 0 amide bonds. The summed E-state index contributed by atoms with van der Waals surface area (Å²) in [7, 11) is 0. The van der Waals surface area contributed by atoms with Gasteiger partial charge in [0.2, 0.25) is 0 Å². The van der Waals surface area contributed by atoms with Crippen molar-refractivity contribution in [3.05, 3.63) is 13.8 Å². The second-order valence-corrected chi connectivity index (χ2v) is 14.7. The van der Waals surface area contributed by atoms with Crippen LogP contribution in [-0.2, 0) is 23.7 Å². The molecule has 0 saturated carbocycles. The van der Waals surface area contributed by atoms with E-state index in [-0.39, 0.29) is 12.2 Å². The average Bonchev–Trinajstić information content (AvgIpc) is 2.98. The third-order valence-electron chi connectivity index (χ3n) is 7.56. The summed E-state index contributed by atoms with van der Waals surface area (Å²) in [5, 5.41) is 16.1. The Morgan fingerprint density at radius 1 is 0.348 bits per heavy atom. The molecule has 0 aromatic carbocycles. The Kier molecular flexibility index (Phi) is 66.6. The molecule has 0 atom stereocenters. The number of unbranched alkanes of at least 4 members (excludes halogenated alkanes) is 24. The second kappa shape index (κ2) is 54.9. The third kappa shape index (κ3) is 90.5. The van der Waals surface area contributed by atoms with Gasteiger partial charge in [0.15, 0.2) is 0 Å². The molecule has 0 aliphatic rings. The van der Waals surface area contributed by atoms with Crippen molar-refractivity contribution in [3.8, 4) is 0 Å². The summed E-state index contributed by atoms with van der Waals surface area (Å²) in [6, 6.07) is 0. The molecule has 0 rings (SSSR count). The number of hydrogen-bond acceptors (Lipinski definition) is 3. The van der Waals surface area contributed by atoms with Crippen LogP contribution in [0.1, 0.15) is 235 Å². The number of aliphatic hydroxyl groups is 2. The molecular weight excluding hydrogens is 600 g/mol. The van der Waals surface area contributed by atoms with Gasteiger partial charge in [-0.25, -0.2) is 0 Å². The van der Waals surface area contributed by atoms with Gasteiger partial charge < -0.3 is 24.1 Å². The van der Waals surface area contributed by atoms with E-state index in [9.17, 15) is 0 Å². The first-order chi connectivity index (χ1) is 22.0. The first-order valence-corrected chi connectivity index (χ1v) is 20.8. The Hall–Kier alpha value is 0.434. The van der Waals surface area contributed by atoms with Gasteiger partial charge in [0.05, 0.1) is 0 Å². The van der Waals surface area contributed by atoms with E-state index in [1.165, 1.54) is 167 Å². The molecule has 0 aliphatic heterocycles. The molecule has 0 aliphatic carbocycles. The van der Waals surface area contributed by atoms with Crippen LogP contribution in [0.15, 0.2) is 0 Å². The molecule has 0 saturated heterocycles. The first kappa shape index (κ1) is 55.8. The minimum absolute atomic E-state index is 0.167. The van der Waals surface area contributed by atoms with E-state index in [0.717, 1.165) is 45.1 Å². The Bertz CT molecular complexity index is 409. The Morgan fingerprint density at radius 2 is 0.478 bits per heavy atom. The van der Waals surface area contributed by atoms with Crippen LogP contribution in [-0.4, -0.2) is 22.4 Å². The van der Waals surface area contributed by atoms with Crippen molar-refractivity contribution >= 4 is 0 Å². The summed E-state index contributed by atoms with van der Waals surface area (Å²) in [5.74, 6) is 1.79. The molecule has 2 N–H and O–H groups in total. The summed E-state index contributed by atoms with van der Waals surface area (Å²) in [6.45, 7) is 24.0. The molecule has 0 bridgehead atoms. The quantitative estimate of drug-likeness (QED) is 0.0488. The monoisotopic (exact) mass is 691 g/mol. The van der Waals surface area contributed by atoms with Crippen LogP contribution < -0.4 is 0 Å². The Labute approximate surface area is 305 Å². The van der Waals surface area contributed by atoms with E-state index < -0.39 is 0 Å². The normalized spacial score (nSPS) is 10.6. The fourth-order valence-electron chi connectivity index (χ4n) is 4.99. The summed E-state index contributed by atoms with van der Waals surface area (Å²) in [6.07, 6.45) is 39.5. The van der Waals surface area contributed by atoms with E-state index in [0.29, 0.717) is 0 Å². The van der Waals surface area contributed by atoms with Crippen molar-refractivity contribution in [2.45, 2.75) is 247 Å². The molecular formula is C42H90O3Ti. The predicted octanol–water partition coefficient (Wildman–Crippen LogP) is 14.5. The second-order valence-electron chi connectivity index (χ2n) is 14.7. The van der Waals surface area contributed by atoms with Crippen LogP contribution in [0.5, 0.6) is 0 Å². The number of aliphatic hydroxyl groups excluding tert-OH is 2. The summed E-state index contributed by atoms with van der Waals surface area (Å²) < 4.78 is 8.25. The van der Waals surface area contributed by atoms with Gasteiger partial charge in [0.1, 0.15) is 0 Å². The van der Waals surface area contributed by atoms with Crippen molar-refractivity contribution in [1.82, 2.24) is 0 Å². The molecule has 0 radical (unpaired) electrons. The summed E-state index contributed by atoms with van der Waals surface area (Å²) >= 11 is 0.750. The Morgan fingerprint density at radius 3 is 0.609 bits per heavy atom. The minimum atomic E-state index is -0.167. The van der Waals surface area contributed by atoms with Gasteiger partial charge in [-0.3, -0.25) is 0 Å². The molecule has 0 heterocycles. The van der Waals surface area contributed by atoms with Crippen LogP contribution in [0.4, 0.5) is 0 Å². The molecule has 0 fully saturated rings. The SMILES string of the molecule is CC(C)O.CC(C)O.[CH2-]CCCCCCCCCCCCCCC(C)C.[CH2-]CCCCCCCCCCCCCCC(C)C.[O]=[Ti+2]. The van der Waals surface area contributed by atoms with Gasteiger partial charge in [-0.1, -0.05) is 195 Å². The first-order valence-electron chi connectivity index (χ1n) is 20.2. The van der Waals surface area contributed by atoms with E-state index in [2.05, 4.69) is 41.5 Å². The van der Waals surface area contributed by atoms with Crippen molar-refractivity contribution < 1.29 is 33.9 Å². The summed E-state index contributed by atoms with van der Waals surface area (Å²) in [5.41, 5.74) is 0. The predicted molar refractivity (Wildman–Crippen MR) is 205 cm³/mol. The topological polar surface area (TPSA) is 57.5 Å². The van der Waals surface area contributed by atoms with E-state index in [4.69, 9.17) is 13.5 Å². The van der Waals surface area contributed by atoms with Gasteiger partial charge in [0, 0.05) is 12.2 Å². The van der Waals surface area contributed by atoms with Crippen molar-refractivity contribution in [2.75, 3.05) is 0 Å². The zero-order chi connectivity index (χ0) is 36.1. The molecule has 0 unspecified atom stereocenters. The van der Waals surface area contributed by atoms with Crippen LogP contribution in [0.3, 0.4) is 0 Å². The molecule has 0 spiro atoms. The van der Waals surface area contributed by atoms with Crippen LogP contribution >= 0.6 is 0 Å². The molecule has 280 valence electrons. The zero-order valence-corrected chi connectivity index (χ0v) is 34.9. The fraction of sp³-hybridized carbons (Fsp3) is 0.952. The van der Waals surface area contributed by atoms with E-state index >= 15 is 0 Å². The van der Waals surface area contributed by atoms with Crippen molar-refractivity contribution in [2.24, 2.45) is 11.8 Å². The maximum absolute atomic E-state index is 8.25. The van der Waals surface area contributed by atoms with E-state index in [1.807, 2.05) is 0 Å². The van der Waals surface area contributed by atoms with Crippen LogP contribution in [0.2, 0.25) is 0 Å². The molecule has 0 aromatic heterocycles. The van der Waals surface area contributed by atoms with Crippen molar-refractivity contribution in [3.63, 3.8) is 0 Å². The van der Waals surface area contributed by atoms with Crippen molar-refractivity contribution in [1.29, 1.82) is 0 Å². The number of hydrogen-bond donors (Lipinski definition) is 2. The molecule has 46 heavy (non-hydrogen) atoms. The fourth-order valence-corrected chi connectivity index (χ4v) is 4.99. The number of rotatable bonds is 28. The third-order valence-corrected chi connectivity index (χ3v) is 7.56. The maximum atomic E-state index is 8.25. The van der Waals surface area contributed by atoms with Gasteiger partial charge in [0.25, 0.3) is 0 Å². The molecule has 3 nitrogen and oxygen atoms in total. The van der Waals surface area contributed by atoms with Gasteiger partial charge in [-0.2, -0.15) is 12.8 Å². The van der Waals surface area contributed by atoms with Gasteiger partial charge >= 0.3 is 23.7 Å².